The first kappa shape index (κ1) is 26.5. The Labute approximate surface area is 174 Å². The molecule has 0 fully saturated rings. The van der Waals surface area contributed by atoms with E-state index in [-0.39, 0.29) is 46.1 Å². The molecule has 0 aromatic rings. The van der Waals surface area contributed by atoms with Crippen LogP contribution in [-0.2, 0) is 23.7 Å². The van der Waals surface area contributed by atoms with Crippen LogP contribution in [0, 0.1) is 37.0 Å². The van der Waals surface area contributed by atoms with Gasteiger partial charge in [0.25, 0.3) is 0 Å². The van der Waals surface area contributed by atoms with Crippen LogP contribution in [0.15, 0.2) is 0 Å². The van der Waals surface area contributed by atoms with Crippen molar-refractivity contribution >= 4 is 12.0 Å². The van der Waals surface area contributed by atoms with Crippen molar-refractivity contribution in [2.45, 2.75) is 51.7 Å². The Balaban J connectivity index is 6.15. The van der Waals surface area contributed by atoms with E-state index < -0.39 is 23.1 Å². The number of hydrogen-bond donors (Lipinski definition) is 0. The molecule has 0 spiro atoms. The van der Waals surface area contributed by atoms with Crippen molar-refractivity contribution in [3.05, 3.63) is 0 Å². The first-order valence-corrected chi connectivity index (χ1v) is 9.27. The van der Waals surface area contributed by atoms with Crippen LogP contribution in [0.4, 0.5) is 4.79 Å². The number of amides is 2. The van der Waals surface area contributed by atoms with Gasteiger partial charge in [-0.25, -0.2) is 9.69 Å². The lowest BCUT2D eigenvalue weighted by molar-refractivity contribution is -0.148. The van der Waals surface area contributed by atoms with Gasteiger partial charge in [-0.15, -0.1) is 19.3 Å². The quantitative estimate of drug-likeness (QED) is 0.366. The molecule has 7 heteroatoms. The van der Waals surface area contributed by atoms with Crippen LogP contribution in [-0.4, -0.2) is 67.7 Å². The highest BCUT2D eigenvalue weighted by atomic mass is 16.6. The van der Waals surface area contributed by atoms with Gasteiger partial charge in [0.05, 0.1) is 19.8 Å². The molecule has 0 atom stereocenters. The van der Waals surface area contributed by atoms with E-state index in [2.05, 4.69) is 17.8 Å². The van der Waals surface area contributed by atoms with Crippen molar-refractivity contribution in [1.29, 1.82) is 0 Å². The van der Waals surface area contributed by atoms with E-state index >= 15 is 0 Å². The smallest absolute Gasteiger partial charge is 0.417 e. The maximum atomic E-state index is 13.0. The molecule has 0 N–H and O–H groups in total. The van der Waals surface area contributed by atoms with E-state index in [0.29, 0.717) is 6.42 Å². The molecule has 0 bridgehead atoms. The zero-order valence-electron chi connectivity index (χ0n) is 17.8. The second kappa shape index (κ2) is 13.6. The van der Waals surface area contributed by atoms with Crippen molar-refractivity contribution in [1.82, 2.24) is 4.90 Å². The molecule has 2 amide bonds. The third-order valence-corrected chi connectivity index (χ3v) is 3.43. The van der Waals surface area contributed by atoms with Gasteiger partial charge in [0.2, 0.25) is 5.91 Å². The predicted molar refractivity (Wildman–Crippen MR) is 110 cm³/mol. The first-order valence-electron chi connectivity index (χ1n) is 9.27. The molecule has 7 nitrogen and oxygen atoms in total. The minimum Gasteiger partial charge on any atom is -0.443 e. The minimum atomic E-state index is -1.36. The number of ether oxygens (including phenoxy) is 4. The number of imide groups is 1. The molecular weight excluding hydrogens is 374 g/mol. The highest BCUT2D eigenvalue weighted by Crippen LogP contribution is 2.24. The molecule has 0 aliphatic heterocycles. The summed E-state index contributed by atoms with van der Waals surface area (Å²) in [5, 5.41) is 0. The van der Waals surface area contributed by atoms with Crippen LogP contribution >= 0.6 is 0 Å². The number of carbonyl (C=O) groups is 2. The zero-order chi connectivity index (χ0) is 22.3. The lowest BCUT2D eigenvalue weighted by Gasteiger charge is -2.41. The fourth-order valence-electron chi connectivity index (χ4n) is 2.41. The van der Waals surface area contributed by atoms with Gasteiger partial charge in [-0.2, -0.15) is 0 Å². The topological polar surface area (TPSA) is 74.3 Å². The van der Waals surface area contributed by atoms with Crippen molar-refractivity contribution < 1.29 is 28.5 Å². The molecule has 0 heterocycles. The fraction of sp³-hybridized carbons (Fsp3) is 0.636. The number of nitrogens with zero attached hydrogens (tertiary/aromatic N) is 1. The molecular formula is C22H31NO6. The Morgan fingerprint density at radius 1 is 0.862 bits per heavy atom. The Morgan fingerprint density at radius 2 is 1.28 bits per heavy atom. The molecule has 0 aromatic heterocycles. The Kier molecular flexibility index (Phi) is 12.5. The standard InChI is InChI=1S/C22H31NO6/c1-8-12-19(24)23(20(25)29-21(5,6)7)22(16-26-13-9-2,17-27-14-10-3)18-28-15-11-4/h2-4H,8,12-18H2,1,5-7H3. The molecule has 0 rings (SSSR count). The Bertz CT molecular complexity index is 594. The van der Waals surface area contributed by atoms with E-state index in [4.69, 9.17) is 38.2 Å². The Hall–Kier alpha value is -2.50. The summed E-state index contributed by atoms with van der Waals surface area (Å²) in [5.74, 6) is 6.58. The van der Waals surface area contributed by atoms with E-state index in [1.165, 1.54) is 0 Å². The van der Waals surface area contributed by atoms with Gasteiger partial charge < -0.3 is 18.9 Å². The van der Waals surface area contributed by atoms with Crippen LogP contribution in [0.2, 0.25) is 0 Å². The summed E-state index contributed by atoms with van der Waals surface area (Å²) in [5.41, 5.74) is -2.19. The molecule has 0 aliphatic carbocycles. The van der Waals surface area contributed by atoms with Crippen molar-refractivity contribution in [3.63, 3.8) is 0 Å². The van der Waals surface area contributed by atoms with Crippen molar-refractivity contribution in [2.75, 3.05) is 39.6 Å². The van der Waals surface area contributed by atoms with Gasteiger partial charge in [-0.05, 0) is 27.2 Å². The summed E-state index contributed by atoms with van der Waals surface area (Å²) < 4.78 is 22.0. The summed E-state index contributed by atoms with van der Waals surface area (Å²) in [6.45, 7) is 6.42. The SMILES string of the molecule is C#CCOCC(COCC#C)(COCC#C)N(C(=O)CCC)C(=O)OC(C)(C)C. The second-order valence-corrected chi connectivity index (χ2v) is 7.27. The van der Waals surface area contributed by atoms with E-state index in [9.17, 15) is 9.59 Å². The minimum absolute atomic E-state index is 0.0316. The lowest BCUT2D eigenvalue weighted by atomic mass is 9.99. The number of terminal acetylenes is 3. The first-order chi connectivity index (χ1) is 13.7. The monoisotopic (exact) mass is 405 g/mol. The van der Waals surface area contributed by atoms with Gasteiger partial charge in [0.15, 0.2) is 0 Å². The average molecular weight is 405 g/mol. The summed E-state index contributed by atoms with van der Waals surface area (Å²) >= 11 is 0. The molecule has 0 aliphatic rings. The lowest BCUT2D eigenvalue weighted by Crippen LogP contribution is -2.63. The second-order valence-electron chi connectivity index (χ2n) is 7.27. The summed E-state index contributed by atoms with van der Waals surface area (Å²) in [6, 6.07) is 0. The van der Waals surface area contributed by atoms with E-state index in [1.807, 2.05) is 6.92 Å². The highest BCUT2D eigenvalue weighted by Gasteiger charge is 2.46. The molecule has 0 saturated carbocycles. The van der Waals surface area contributed by atoms with Gasteiger partial charge in [0, 0.05) is 6.42 Å². The Morgan fingerprint density at radius 3 is 1.59 bits per heavy atom. The maximum absolute atomic E-state index is 13.0. The van der Waals surface area contributed by atoms with Crippen LogP contribution < -0.4 is 0 Å². The van der Waals surface area contributed by atoms with E-state index in [1.54, 1.807) is 20.8 Å². The normalized spacial score (nSPS) is 11.1. The fourth-order valence-corrected chi connectivity index (χ4v) is 2.41. The summed E-state index contributed by atoms with van der Waals surface area (Å²) in [7, 11) is 0. The van der Waals surface area contributed by atoms with Crippen LogP contribution in [0.5, 0.6) is 0 Å². The largest absolute Gasteiger partial charge is 0.443 e. The zero-order valence-corrected chi connectivity index (χ0v) is 17.8. The van der Waals surface area contributed by atoms with Gasteiger partial charge in [0.1, 0.15) is 31.0 Å². The maximum Gasteiger partial charge on any atom is 0.417 e. The van der Waals surface area contributed by atoms with E-state index in [0.717, 1.165) is 4.90 Å². The van der Waals surface area contributed by atoms with Gasteiger partial charge >= 0.3 is 6.09 Å². The summed E-state index contributed by atoms with van der Waals surface area (Å²) in [4.78, 5) is 27.0. The van der Waals surface area contributed by atoms with Crippen LogP contribution in [0.25, 0.3) is 0 Å². The molecule has 160 valence electrons. The number of carbonyl (C=O) groups excluding carboxylic acids is 2. The van der Waals surface area contributed by atoms with Crippen molar-refractivity contribution in [2.24, 2.45) is 0 Å². The van der Waals surface area contributed by atoms with Crippen LogP contribution in [0.1, 0.15) is 40.5 Å². The number of rotatable bonds is 12. The molecule has 0 radical (unpaired) electrons. The van der Waals surface area contributed by atoms with Gasteiger partial charge in [-0.1, -0.05) is 24.7 Å². The third-order valence-electron chi connectivity index (χ3n) is 3.43. The van der Waals surface area contributed by atoms with Crippen molar-refractivity contribution in [3.8, 4) is 37.0 Å². The van der Waals surface area contributed by atoms with Gasteiger partial charge in [-0.3, -0.25) is 4.79 Å². The molecule has 0 saturated heterocycles. The molecule has 0 aromatic carbocycles. The average Bonchev–Trinajstić information content (AvgIpc) is 2.61. The highest BCUT2D eigenvalue weighted by molar-refractivity contribution is 5.93. The number of hydrogen-bond acceptors (Lipinski definition) is 6. The summed E-state index contributed by atoms with van der Waals surface area (Å²) in [6.07, 6.45) is 15.6. The third kappa shape index (κ3) is 10.0. The predicted octanol–water partition coefficient (Wildman–Crippen LogP) is 2.24. The van der Waals surface area contributed by atoms with Crippen LogP contribution in [0.3, 0.4) is 0 Å². The molecule has 29 heavy (non-hydrogen) atoms. The molecule has 0 unspecified atom stereocenters.